The van der Waals surface area contributed by atoms with E-state index in [0.29, 0.717) is 11.3 Å². The summed E-state index contributed by atoms with van der Waals surface area (Å²) in [5.74, 6) is -0.524. The third-order valence-corrected chi connectivity index (χ3v) is 3.80. The van der Waals surface area contributed by atoms with Crippen LogP contribution < -0.4 is 16.4 Å². The van der Waals surface area contributed by atoms with Gasteiger partial charge in [0, 0.05) is 31.5 Å². The van der Waals surface area contributed by atoms with Crippen LogP contribution in [0.5, 0.6) is 0 Å². The molecule has 8 nitrogen and oxygen atoms in total. The van der Waals surface area contributed by atoms with Crippen LogP contribution in [0.25, 0.3) is 0 Å². The van der Waals surface area contributed by atoms with Crippen molar-refractivity contribution in [2.75, 3.05) is 10.6 Å². The molecule has 0 fully saturated rings. The highest BCUT2D eigenvalue weighted by Crippen LogP contribution is 2.19. The number of carbonyl (C=O) groups excluding carboxylic acids is 1. The van der Waals surface area contributed by atoms with Crippen molar-refractivity contribution in [3.63, 3.8) is 0 Å². The van der Waals surface area contributed by atoms with Gasteiger partial charge in [0.1, 0.15) is 11.6 Å². The predicted molar refractivity (Wildman–Crippen MR) is 95.5 cm³/mol. The van der Waals surface area contributed by atoms with E-state index < -0.39 is 5.91 Å². The number of carbonyl (C=O) groups is 1. The Kier molecular flexibility index (Phi) is 4.78. The number of halogens is 1. The van der Waals surface area contributed by atoms with Gasteiger partial charge in [-0.15, -0.1) is 0 Å². The first kappa shape index (κ1) is 17.3. The number of aromatic nitrogens is 4. The molecular weight excluding hydrogens is 337 g/mol. The zero-order valence-electron chi connectivity index (χ0n) is 14.3. The molecule has 4 N–H and O–H groups in total. The fourth-order valence-electron chi connectivity index (χ4n) is 2.43. The smallest absolute Gasteiger partial charge is 0.254 e. The Labute approximate surface area is 149 Å². The standard InChI is InChI=1S/C17H18FN7O/c1-10-4-3-5-14(18)12(10)7-20-16-13(15(19)26)8-21-17(24-16)23-11-6-22-25(2)9-11/h3-6,8-9H,7H2,1-2H3,(H2,19,26)(H2,20,21,23,24). The molecular formula is C17H18FN7O. The summed E-state index contributed by atoms with van der Waals surface area (Å²) in [5.41, 5.74) is 7.48. The second-order valence-corrected chi connectivity index (χ2v) is 5.74. The van der Waals surface area contributed by atoms with Crippen molar-refractivity contribution in [2.24, 2.45) is 12.8 Å². The number of anilines is 3. The number of nitrogens with one attached hydrogen (secondary N) is 2. The summed E-state index contributed by atoms with van der Waals surface area (Å²) in [5, 5.41) is 10.00. The number of rotatable bonds is 6. The molecule has 0 aliphatic heterocycles. The summed E-state index contributed by atoms with van der Waals surface area (Å²) < 4.78 is 15.6. The van der Waals surface area contributed by atoms with Crippen LogP contribution in [0.3, 0.4) is 0 Å². The van der Waals surface area contributed by atoms with Gasteiger partial charge < -0.3 is 16.4 Å². The average molecular weight is 355 g/mol. The molecule has 0 radical (unpaired) electrons. The molecule has 2 heterocycles. The summed E-state index contributed by atoms with van der Waals surface area (Å²) >= 11 is 0. The zero-order chi connectivity index (χ0) is 18.7. The van der Waals surface area contributed by atoms with Crippen molar-refractivity contribution in [2.45, 2.75) is 13.5 Å². The number of amides is 1. The second-order valence-electron chi connectivity index (χ2n) is 5.74. The molecule has 0 bridgehead atoms. The van der Waals surface area contributed by atoms with E-state index in [2.05, 4.69) is 25.7 Å². The highest BCUT2D eigenvalue weighted by atomic mass is 19.1. The minimum atomic E-state index is -0.675. The fraction of sp³-hybridized carbons (Fsp3) is 0.176. The molecule has 0 saturated heterocycles. The van der Waals surface area contributed by atoms with Crippen LogP contribution in [0.2, 0.25) is 0 Å². The summed E-state index contributed by atoms with van der Waals surface area (Å²) in [7, 11) is 1.78. The minimum absolute atomic E-state index is 0.121. The Morgan fingerprint density at radius 1 is 1.35 bits per heavy atom. The van der Waals surface area contributed by atoms with Crippen molar-refractivity contribution >= 4 is 23.4 Å². The Balaban J connectivity index is 1.86. The summed E-state index contributed by atoms with van der Waals surface area (Å²) in [6.07, 6.45) is 4.69. The quantitative estimate of drug-likeness (QED) is 0.624. The van der Waals surface area contributed by atoms with Gasteiger partial charge in [0.25, 0.3) is 5.91 Å². The van der Waals surface area contributed by atoms with E-state index in [4.69, 9.17) is 5.73 Å². The van der Waals surface area contributed by atoms with Crippen LogP contribution >= 0.6 is 0 Å². The molecule has 9 heteroatoms. The normalized spacial score (nSPS) is 10.6. The van der Waals surface area contributed by atoms with Gasteiger partial charge >= 0.3 is 0 Å². The number of hydrogen-bond acceptors (Lipinski definition) is 6. The highest BCUT2D eigenvalue weighted by Gasteiger charge is 2.14. The van der Waals surface area contributed by atoms with E-state index in [0.717, 1.165) is 5.56 Å². The Bertz CT molecular complexity index is 934. The van der Waals surface area contributed by atoms with Crippen LogP contribution in [-0.2, 0) is 13.6 Å². The molecule has 1 aromatic carbocycles. The topological polar surface area (TPSA) is 111 Å². The van der Waals surface area contributed by atoms with E-state index in [-0.39, 0.29) is 29.7 Å². The number of nitrogens with two attached hydrogens (primary N) is 1. The number of benzene rings is 1. The minimum Gasteiger partial charge on any atom is -0.365 e. The molecule has 0 aliphatic carbocycles. The summed E-state index contributed by atoms with van der Waals surface area (Å²) in [6, 6.07) is 4.84. The first-order valence-corrected chi connectivity index (χ1v) is 7.84. The largest absolute Gasteiger partial charge is 0.365 e. The van der Waals surface area contributed by atoms with Crippen molar-refractivity contribution in [1.29, 1.82) is 0 Å². The maximum absolute atomic E-state index is 14.0. The lowest BCUT2D eigenvalue weighted by molar-refractivity contribution is 0.100. The number of hydrogen-bond donors (Lipinski definition) is 3. The van der Waals surface area contributed by atoms with Crippen molar-refractivity contribution in [1.82, 2.24) is 19.7 Å². The summed E-state index contributed by atoms with van der Waals surface area (Å²) in [4.78, 5) is 20.0. The first-order valence-electron chi connectivity index (χ1n) is 7.84. The second kappa shape index (κ2) is 7.18. The van der Waals surface area contributed by atoms with Crippen molar-refractivity contribution in [3.8, 4) is 0 Å². The van der Waals surface area contributed by atoms with E-state index >= 15 is 0 Å². The molecule has 0 aliphatic rings. The Hall–Kier alpha value is -3.49. The van der Waals surface area contributed by atoms with Gasteiger partial charge in [-0.2, -0.15) is 10.1 Å². The lowest BCUT2D eigenvalue weighted by Gasteiger charge is -2.12. The van der Waals surface area contributed by atoms with Gasteiger partial charge in [0.05, 0.1) is 17.4 Å². The molecule has 2 aromatic heterocycles. The molecule has 0 spiro atoms. The first-order chi connectivity index (χ1) is 12.4. The average Bonchev–Trinajstić information content (AvgIpc) is 2.99. The van der Waals surface area contributed by atoms with Gasteiger partial charge in [-0.3, -0.25) is 9.48 Å². The van der Waals surface area contributed by atoms with E-state index in [1.54, 1.807) is 30.2 Å². The van der Waals surface area contributed by atoms with Gasteiger partial charge in [-0.25, -0.2) is 9.37 Å². The monoisotopic (exact) mass is 355 g/mol. The van der Waals surface area contributed by atoms with Gasteiger partial charge in [0.15, 0.2) is 0 Å². The zero-order valence-corrected chi connectivity index (χ0v) is 14.3. The number of nitrogens with zero attached hydrogens (tertiary/aromatic N) is 4. The maximum atomic E-state index is 14.0. The van der Waals surface area contributed by atoms with Crippen LogP contribution in [0.1, 0.15) is 21.5 Å². The molecule has 3 aromatic rings. The Morgan fingerprint density at radius 2 is 2.15 bits per heavy atom. The predicted octanol–water partition coefficient (Wildman–Crippen LogP) is 2.11. The van der Waals surface area contributed by atoms with E-state index in [1.165, 1.54) is 12.3 Å². The highest BCUT2D eigenvalue weighted by molar-refractivity contribution is 5.97. The third kappa shape index (κ3) is 3.77. The summed E-state index contributed by atoms with van der Waals surface area (Å²) in [6.45, 7) is 1.96. The van der Waals surface area contributed by atoms with Crippen LogP contribution in [-0.4, -0.2) is 25.7 Å². The molecule has 0 unspecified atom stereocenters. The fourth-order valence-corrected chi connectivity index (χ4v) is 2.43. The van der Waals surface area contributed by atoms with Crippen molar-refractivity contribution < 1.29 is 9.18 Å². The molecule has 1 amide bonds. The van der Waals surface area contributed by atoms with Crippen LogP contribution in [0, 0.1) is 12.7 Å². The molecule has 26 heavy (non-hydrogen) atoms. The molecule has 3 rings (SSSR count). The van der Waals surface area contributed by atoms with Crippen LogP contribution in [0.15, 0.2) is 36.8 Å². The third-order valence-electron chi connectivity index (χ3n) is 3.80. The maximum Gasteiger partial charge on any atom is 0.254 e. The van der Waals surface area contributed by atoms with Gasteiger partial charge in [-0.1, -0.05) is 12.1 Å². The van der Waals surface area contributed by atoms with E-state index in [9.17, 15) is 9.18 Å². The number of primary amides is 1. The van der Waals surface area contributed by atoms with Gasteiger partial charge in [-0.05, 0) is 18.6 Å². The van der Waals surface area contributed by atoms with Gasteiger partial charge in [0.2, 0.25) is 5.95 Å². The van der Waals surface area contributed by atoms with E-state index in [1.807, 2.05) is 13.0 Å². The van der Waals surface area contributed by atoms with Crippen molar-refractivity contribution in [3.05, 3.63) is 59.3 Å². The molecule has 134 valence electrons. The number of aryl methyl sites for hydroxylation is 2. The molecule has 0 saturated carbocycles. The SMILES string of the molecule is Cc1cccc(F)c1CNc1nc(Nc2cnn(C)c2)ncc1C(N)=O. The van der Waals surface area contributed by atoms with Crippen LogP contribution in [0.4, 0.5) is 21.8 Å². The Morgan fingerprint density at radius 3 is 2.81 bits per heavy atom. The lowest BCUT2D eigenvalue weighted by Crippen LogP contribution is -2.17. The molecule has 0 atom stereocenters. The lowest BCUT2D eigenvalue weighted by atomic mass is 10.1.